The van der Waals surface area contributed by atoms with Crippen LogP contribution in [0.1, 0.15) is 60.3 Å². The van der Waals surface area contributed by atoms with Crippen LogP contribution in [0.3, 0.4) is 0 Å². The van der Waals surface area contributed by atoms with Crippen molar-refractivity contribution in [3.8, 4) is 0 Å². The van der Waals surface area contributed by atoms with Crippen molar-refractivity contribution in [1.29, 1.82) is 0 Å². The number of nitrogens with two attached hydrogens (primary N) is 1. The molecule has 0 aliphatic heterocycles. The van der Waals surface area contributed by atoms with Crippen LogP contribution >= 0.6 is 11.8 Å². The van der Waals surface area contributed by atoms with Crippen molar-refractivity contribution in [2.24, 2.45) is 5.73 Å². The highest BCUT2D eigenvalue weighted by molar-refractivity contribution is 7.99. The molecule has 2 atom stereocenters. The topological polar surface area (TPSA) is 26.0 Å². The van der Waals surface area contributed by atoms with Crippen LogP contribution in [0.4, 0.5) is 0 Å². The zero-order valence-electron chi connectivity index (χ0n) is 10.7. The molecule has 0 aromatic rings. The number of hydrogen-bond acceptors (Lipinski definition) is 2. The summed E-state index contributed by atoms with van der Waals surface area (Å²) < 4.78 is 0. The Morgan fingerprint density at radius 1 is 1.14 bits per heavy atom. The van der Waals surface area contributed by atoms with Crippen LogP contribution in [0.2, 0.25) is 0 Å². The van der Waals surface area contributed by atoms with Gasteiger partial charge >= 0.3 is 0 Å². The maximum atomic E-state index is 5.84. The van der Waals surface area contributed by atoms with Gasteiger partial charge in [0.15, 0.2) is 0 Å². The molecule has 0 amide bonds. The van der Waals surface area contributed by atoms with Gasteiger partial charge in [0.1, 0.15) is 0 Å². The maximum Gasteiger partial charge on any atom is 0.00616 e. The highest BCUT2D eigenvalue weighted by Crippen LogP contribution is 2.27. The van der Waals surface area contributed by atoms with E-state index in [2.05, 4.69) is 18.7 Å². The second-order valence-electron chi connectivity index (χ2n) is 3.00. The summed E-state index contributed by atoms with van der Waals surface area (Å²) in [6, 6.07) is 0.498. The SMILES string of the molecule is CC.CC.CCSC1CCCC(N)C1. The molecule has 2 heteroatoms. The molecule has 0 aromatic carbocycles. The average molecular weight is 219 g/mol. The lowest BCUT2D eigenvalue weighted by molar-refractivity contribution is 0.451. The Hall–Kier alpha value is 0.310. The first kappa shape index (κ1) is 16.7. The van der Waals surface area contributed by atoms with Crippen molar-refractivity contribution in [3.05, 3.63) is 0 Å². The van der Waals surface area contributed by atoms with E-state index in [1.807, 2.05) is 27.7 Å². The molecule has 1 fully saturated rings. The van der Waals surface area contributed by atoms with Crippen LogP contribution < -0.4 is 5.73 Å². The first-order valence-corrected chi connectivity index (χ1v) is 7.25. The van der Waals surface area contributed by atoms with Gasteiger partial charge in [-0.05, 0) is 25.0 Å². The Morgan fingerprint density at radius 2 is 1.71 bits per heavy atom. The van der Waals surface area contributed by atoms with Crippen LogP contribution in [0.25, 0.3) is 0 Å². The minimum atomic E-state index is 0.498. The zero-order valence-corrected chi connectivity index (χ0v) is 11.5. The number of rotatable bonds is 2. The fourth-order valence-corrected chi connectivity index (χ4v) is 2.76. The Balaban J connectivity index is 0. The van der Waals surface area contributed by atoms with Gasteiger partial charge in [0, 0.05) is 11.3 Å². The van der Waals surface area contributed by atoms with Crippen LogP contribution in [0, 0.1) is 0 Å². The third-order valence-corrected chi connectivity index (χ3v) is 3.30. The largest absolute Gasteiger partial charge is 0.328 e. The molecule has 0 saturated heterocycles. The molecule has 1 rings (SSSR count). The van der Waals surface area contributed by atoms with Crippen LogP contribution in [-0.2, 0) is 0 Å². The molecular weight excluding hydrogens is 190 g/mol. The van der Waals surface area contributed by atoms with Gasteiger partial charge in [-0.2, -0.15) is 11.8 Å². The van der Waals surface area contributed by atoms with Gasteiger partial charge in [-0.25, -0.2) is 0 Å². The van der Waals surface area contributed by atoms with E-state index in [9.17, 15) is 0 Å². The molecule has 0 heterocycles. The fourth-order valence-electron chi connectivity index (χ4n) is 1.57. The summed E-state index contributed by atoms with van der Waals surface area (Å²) in [6.45, 7) is 10.2. The van der Waals surface area contributed by atoms with Crippen molar-refractivity contribution < 1.29 is 0 Å². The molecule has 1 aliphatic rings. The molecule has 0 spiro atoms. The first-order chi connectivity index (χ1) is 6.83. The summed E-state index contributed by atoms with van der Waals surface area (Å²) >= 11 is 2.08. The number of thioether (sulfide) groups is 1. The van der Waals surface area contributed by atoms with Crippen molar-refractivity contribution in [2.45, 2.75) is 71.6 Å². The van der Waals surface area contributed by atoms with Crippen molar-refractivity contribution >= 4 is 11.8 Å². The molecule has 0 radical (unpaired) electrons. The van der Waals surface area contributed by atoms with Crippen LogP contribution in [0.15, 0.2) is 0 Å². The molecule has 1 saturated carbocycles. The van der Waals surface area contributed by atoms with Crippen LogP contribution in [-0.4, -0.2) is 17.0 Å². The lowest BCUT2D eigenvalue weighted by Crippen LogP contribution is -2.29. The number of hydrogen-bond donors (Lipinski definition) is 1. The van der Waals surface area contributed by atoms with Crippen LogP contribution in [0.5, 0.6) is 0 Å². The Bertz CT molecular complexity index is 94.3. The summed E-state index contributed by atoms with van der Waals surface area (Å²) in [7, 11) is 0. The molecule has 2 unspecified atom stereocenters. The zero-order chi connectivity index (χ0) is 11.4. The van der Waals surface area contributed by atoms with E-state index >= 15 is 0 Å². The standard InChI is InChI=1S/C8H17NS.2C2H6/c1-2-10-8-5-3-4-7(9)6-8;2*1-2/h7-8H,2-6,9H2,1H3;2*1-2H3. The maximum absolute atomic E-state index is 5.84. The van der Waals surface area contributed by atoms with Gasteiger partial charge in [-0.1, -0.05) is 41.0 Å². The second-order valence-corrected chi connectivity index (χ2v) is 4.58. The van der Waals surface area contributed by atoms with Crippen molar-refractivity contribution in [3.63, 3.8) is 0 Å². The predicted molar refractivity (Wildman–Crippen MR) is 71.1 cm³/mol. The van der Waals surface area contributed by atoms with Gasteiger partial charge < -0.3 is 5.73 Å². The Morgan fingerprint density at radius 3 is 2.14 bits per heavy atom. The van der Waals surface area contributed by atoms with Gasteiger partial charge in [0.2, 0.25) is 0 Å². The average Bonchev–Trinajstić information content (AvgIpc) is 2.24. The highest BCUT2D eigenvalue weighted by atomic mass is 32.2. The van der Waals surface area contributed by atoms with E-state index in [1.54, 1.807) is 0 Å². The third kappa shape index (κ3) is 8.89. The summed E-state index contributed by atoms with van der Waals surface area (Å²) in [5, 5.41) is 0.869. The van der Waals surface area contributed by atoms with E-state index in [0.717, 1.165) is 5.25 Å². The van der Waals surface area contributed by atoms with Gasteiger partial charge in [0.25, 0.3) is 0 Å². The molecule has 1 aliphatic carbocycles. The first-order valence-electron chi connectivity index (χ1n) is 6.20. The molecule has 2 N–H and O–H groups in total. The minimum absolute atomic E-state index is 0.498. The van der Waals surface area contributed by atoms with Gasteiger partial charge in [-0.3, -0.25) is 0 Å². The summed E-state index contributed by atoms with van der Waals surface area (Å²) in [5.74, 6) is 1.25. The normalized spacial score (nSPS) is 25.3. The summed E-state index contributed by atoms with van der Waals surface area (Å²) in [4.78, 5) is 0. The molecule has 0 bridgehead atoms. The Labute approximate surface area is 95.2 Å². The summed E-state index contributed by atoms with van der Waals surface area (Å²) in [6.07, 6.45) is 5.24. The lowest BCUT2D eigenvalue weighted by Gasteiger charge is -2.25. The molecular formula is C12H29NS. The monoisotopic (exact) mass is 219 g/mol. The smallest absolute Gasteiger partial charge is 0.00616 e. The fraction of sp³-hybridized carbons (Fsp3) is 1.00. The molecule has 88 valence electrons. The molecule has 1 nitrogen and oxygen atoms in total. The second kappa shape index (κ2) is 13.3. The van der Waals surface area contributed by atoms with Gasteiger partial charge in [0.05, 0.1) is 0 Å². The van der Waals surface area contributed by atoms with Gasteiger partial charge in [-0.15, -0.1) is 0 Å². The van der Waals surface area contributed by atoms with Crippen molar-refractivity contribution in [1.82, 2.24) is 0 Å². The summed E-state index contributed by atoms with van der Waals surface area (Å²) in [5.41, 5.74) is 5.84. The molecule has 0 aromatic heterocycles. The van der Waals surface area contributed by atoms with E-state index in [4.69, 9.17) is 5.73 Å². The van der Waals surface area contributed by atoms with E-state index < -0.39 is 0 Å². The Kier molecular flexibility index (Phi) is 15.9. The van der Waals surface area contributed by atoms with E-state index in [-0.39, 0.29) is 0 Å². The molecule has 14 heavy (non-hydrogen) atoms. The minimum Gasteiger partial charge on any atom is -0.328 e. The van der Waals surface area contributed by atoms with E-state index in [0.29, 0.717) is 6.04 Å². The third-order valence-electron chi connectivity index (χ3n) is 2.07. The van der Waals surface area contributed by atoms with E-state index in [1.165, 1.54) is 31.4 Å². The predicted octanol–water partition coefficient (Wildman–Crippen LogP) is 4.06. The lowest BCUT2D eigenvalue weighted by atomic mass is 9.96. The quantitative estimate of drug-likeness (QED) is 0.758. The van der Waals surface area contributed by atoms with Crippen molar-refractivity contribution in [2.75, 3.05) is 5.75 Å². The highest BCUT2D eigenvalue weighted by Gasteiger charge is 2.18.